The van der Waals surface area contributed by atoms with E-state index in [0.717, 1.165) is 0 Å². The summed E-state index contributed by atoms with van der Waals surface area (Å²) in [4.78, 5) is 0. The van der Waals surface area contributed by atoms with Crippen molar-refractivity contribution in [3.63, 3.8) is 0 Å². The third-order valence-corrected chi connectivity index (χ3v) is 4.13. The summed E-state index contributed by atoms with van der Waals surface area (Å²) in [5.74, 6) is 0. The van der Waals surface area contributed by atoms with Crippen molar-refractivity contribution >= 4 is 19.8 Å². The zero-order chi connectivity index (χ0) is 10.4. The van der Waals surface area contributed by atoms with Gasteiger partial charge in [-0.15, -0.1) is 18.9 Å². The molecule has 0 radical (unpaired) electrons. The molecule has 0 nitrogen and oxygen atoms in total. The van der Waals surface area contributed by atoms with Crippen molar-refractivity contribution < 1.29 is 0 Å². The Balaban J connectivity index is 0. The number of hydrogen-bond acceptors (Lipinski definition) is 0. The Morgan fingerprint density at radius 1 is 1.15 bits per heavy atom. The zero-order valence-corrected chi connectivity index (χ0v) is 12.7. The lowest BCUT2D eigenvalue weighted by atomic mass is 10.5. The van der Waals surface area contributed by atoms with E-state index in [-0.39, 0.29) is 9.52 Å². The van der Waals surface area contributed by atoms with Crippen molar-refractivity contribution in [2.24, 2.45) is 0 Å². The minimum atomic E-state index is 0.247. The molecule has 0 saturated heterocycles. The standard InChI is InChI=1S/C8H16Si.C3H8Si/c1-3-5-7-9-8-6-4-2;1-2-3-4/h3-4H,1-2,5-9H2;2-3H,1,4H3. The summed E-state index contributed by atoms with van der Waals surface area (Å²) in [6, 6.07) is 2.86. The van der Waals surface area contributed by atoms with Gasteiger partial charge in [-0.05, 0) is 19.8 Å². The third kappa shape index (κ3) is 24.5. The summed E-state index contributed by atoms with van der Waals surface area (Å²) in [5, 5.41) is 0. The number of hydrogen-bond donors (Lipinski definition) is 0. The maximum Gasteiger partial charge on any atom is 0.0287 e. The van der Waals surface area contributed by atoms with E-state index in [9.17, 15) is 0 Å². The Morgan fingerprint density at radius 2 is 1.54 bits per heavy atom. The molecule has 0 aliphatic carbocycles. The normalized spacial score (nSPS) is 9.31. The molecular weight excluding hydrogens is 188 g/mol. The van der Waals surface area contributed by atoms with Crippen LogP contribution in [-0.2, 0) is 0 Å². The van der Waals surface area contributed by atoms with E-state index in [1.54, 1.807) is 0 Å². The van der Waals surface area contributed by atoms with Gasteiger partial charge in [-0.3, -0.25) is 0 Å². The fraction of sp³-hybridized carbons (Fsp3) is 0.455. The molecule has 0 unspecified atom stereocenters. The van der Waals surface area contributed by atoms with Crippen LogP contribution in [0.2, 0.25) is 12.1 Å². The Hall–Kier alpha value is -0.346. The van der Waals surface area contributed by atoms with Gasteiger partial charge in [-0.1, -0.05) is 30.3 Å². The molecule has 0 aromatic rings. The average molecular weight is 212 g/mol. The summed E-state index contributed by atoms with van der Waals surface area (Å²) in [7, 11) is 1.46. The second-order valence-corrected chi connectivity index (χ2v) is 5.67. The van der Waals surface area contributed by atoms with Crippen LogP contribution in [0, 0.1) is 0 Å². The van der Waals surface area contributed by atoms with Crippen molar-refractivity contribution in [2.45, 2.75) is 31.9 Å². The SMILES string of the molecule is C=CCC[SiH2]CCC=C.CC=C[SiH3]. The number of allylic oxidation sites excluding steroid dienone is 3. The third-order valence-electron chi connectivity index (χ3n) is 1.65. The number of rotatable bonds is 6. The summed E-state index contributed by atoms with van der Waals surface area (Å²) in [6.45, 7) is 9.40. The van der Waals surface area contributed by atoms with Crippen LogP contribution in [0.5, 0.6) is 0 Å². The van der Waals surface area contributed by atoms with Gasteiger partial charge in [0.1, 0.15) is 0 Å². The van der Waals surface area contributed by atoms with E-state index in [1.807, 2.05) is 19.1 Å². The summed E-state index contributed by atoms with van der Waals surface area (Å²) in [6.07, 6.45) is 8.54. The molecule has 0 aliphatic rings. The molecule has 0 fully saturated rings. The lowest BCUT2D eigenvalue weighted by Gasteiger charge is -1.91. The van der Waals surface area contributed by atoms with Crippen LogP contribution in [-0.4, -0.2) is 19.8 Å². The molecule has 13 heavy (non-hydrogen) atoms. The topological polar surface area (TPSA) is 0 Å². The first-order chi connectivity index (χ1) is 6.33. The molecule has 0 heterocycles. The largest absolute Gasteiger partial charge is 0.110 e. The van der Waals surface area contributed by atoms with Gasteiger partial charge >= 0.3 is 0 Å². The molecule has 0 aromatic heterocycles. The molecule has 0 bridgehead atoms. The minimum Gasteiger partial charge on any atom is -0.110 e. The first kappa shape index (κ1) is 15.1. The molecule has 0 aliphatic heterocycles. The van der Waals surface area contributed by atoms with Gasteiger partial charge in [0.05, 0.1) is 0 Å². The Kier molecular flexibility index (Phi) is 20.6. The highest BCUT2D eigenvalue weighted by atomic mass is 28.2. The first-order valence-corrected chi connectivity index (χ1v) is 8.28. The van der Waals surface area contributed by atoms with Crippen molar-refractivity contribution in [3.8, 4) is 0 Å². The van der Waals surface area contributed by atoms with Gasteiger partial charge in [0.15, 0.2) is 0 Å². The fourth-order valence-corrected chi connectivity index (χ4v) is 2.26. The molecule has 0 saturated carbocycles. The van der Waals surface area contributed by atoms with E-state index < -0.39 is 0 Å². The average Bonchev–Trinajstić information content (AvgIpc) is 2.18. The molecule has 0 rings (SSSR count). The van der Waals surface area contributed by atoms with Gasteiger partial charge in [0, 0.05) is 19.8 Å². The van der Waals surface area contributed by atoms with E-state index in [1.165, 1.54) is 35.2 Å². The summed E-state index contributed by atoms with van der Waals surface area (Å²) < 4.78 is 0. The van der Waals surface area contributed by atoms with Crippen LogP contribution in [0.25, 0.3) is 0 Å². The highest BCUT2D eigenvalue weighted by molar-refractivity contribution is 6.35. The van der Waals surface area contributed by atoms with Gasteiger partial charge in [-0.2, -0.15) is 0 Å². The molecule has 76 valence electrons. The second-order valence-electron chi connectivity index (χ2n) is 2.88. The van der Waals surface area contributed by atoms with Gasteiger partial charge in [0.2, 0.25) is 0 Å². The van der Waals surface area contributed by atoms with Crippen LogP contribution < -0.4 is 0 Å². The summed E-state index contributed by atoms with van der Waals surface area (Å²) >= 11 is 0. The Labute approximate surface area is 89.1 Å². The molecule has 0 aromatic carbocycles. The van der Waals surface area contributed by atoms with E-state index in [2.05, 4.69) is 24.9 Å². The predicted octanol–water partition coefficient (Wildman–Crippen LogP) is 2.03. The Bertz CT molecular complexity index is 114. The fourth-order valence-electron chi connectivity index (χ4n) is 0.754. The van der Waals surface area contributed by atoms with Gasteiger partial charge < -0.3 is 0 Å². The van der Waals surface area contributed by atoms with Crippen molar-refractivity contribution in [1.29, 1.82) is 0 Å². The van der Waals surface area contributed by atoms with Crippen LogP contribution in [0.3, 0.4) is 0 Å². The van der Waals surface area contributed by atoms with E-state index in [4.69, 9.17) is 0 Å². The first-order valence-electron chi connectivity index (χ1n) is 5.12. The van der Waals surface area contributed by atoms with Crippen LogP contribution >= 0.6 is 0 Å². The molecule has 2 heteroatoms. The van der Waals surface area contributed by atoms with Crippen molar-refractivity contribution in [2.75, 3.05) is 0 Å². The summed E-state index contributed by atoms with van der Waals surface area (Å²) in [5.41, 5.74) is 2.14. The lowest BCUT2D eigenvalue weighted by molar-refractivity contribution is 1.14. The molecule has 0 amide bonds. The maximum absolute atomic E-state index is 3.68. The van der Waals surface area contributed by atoms with Crippen molar-refractivity contribution in [3.05, 3.63) is 37.1 Å². The van der Waals surface area contributed by atoms with Gasteiger partial charge in [-0.25, -0.2) is 0 Å². The Morgan fingerprint density at radius 3 is 1.77 bits per heavy atom. The maximum atomic E-state index is 3.68. The molecule has 0 N–H and O–H groups in total. The quantitative estimate of drug-likeness (QED) is 0.359. The molecular formula is C11H24Si2. The minimum absolute atomic E-state index is 0.247. The van der Waals surface area contributed by atoms with Crippen LogP contribution in [0.15, 0.2) is 37.1 Å². The van der Waals surface area contributed by atoms with Crippen molar-refractivity contribution in [1.82, 2.24) is 0 Å². The second kappa shape index (κ2) is 17.7. The molecule has 0 atom stereocenters. The van der Waals surface area contributed by atoms with Gasteiger partial charge in [0.25, 0.3) is 0 Å². The monoisotopic (exact) mass is 212 g/mol. The van der Waals surface area contributed by atoms with E-state index in [0.29, 0.717) is 0 Å². The van der Waals surface area contributed by atoms with Crippen LogP contribution in [0.1, 0.15) is 19.8 Å². The highest BCUT2D eigenvalue weighted by Crippen LogP contribution is 1.95. The lowest BCUT2D eigenvalue weighted by Crippen LogP contribution is -1.85. The zero-order valence-electron chi connectivity index (χ0n) is 9.26. The van der Waals surface area contributed by atoms with E-state index >= 15 is 0 Å². The predicted molar refractivity (Wildman–Crippen MR) is 72.5 cm³/mol. The van der Waals surface area contributed by atoms with Crippen LogP contribution in [0.4, 0.5) is 0 Å². The highest BCUT2D eigenvalue weighted by Gasteiger charge is 1.84. The smallest absolute Gasteiger partial charge is 0.0287 e. The molecule has 0 spiro atoms.